The Morgan fingerprint density at radius 3 is 2.71 bits per heavy atom. The molecule has 1 aromatic rings. The Kier molecular flexibility index (Phi) is 4.30. The monoisotopic (exact) mass is 302 g/mol. The average molecular weight is 302 g/mol. The van der Waals surface area contributed by atoms with E-state index in [1.165, 1.54) is 42.6 Å². The first kappa shape index (κ1) is 15.0. The lowest BCUT2D eigenvalue weighted by molar-refractivity contribution is 0.250. The van der Waals surface area contributed by atoms with Crippen molar-refractivity contribution in [2.24, 2.45) is 10.9 Å². The van der Waals surface area contributed by atoms with Crippen molar-refractivity contribution in [3.05, 3.63) is 35.4 Å². The molecule has 0 amide bonds. The normalized spacial score (nSPS) is 32.3. The molecule has 1 N–H and O–H groups in total. The van der Waals surface area contributed by atoms with Gasteiger partial charge in [-0.25, -0.2) is 0 Å². The second-order valence-electron chi connectivity index (χ2n) is 6.84. The lowest BCUT2D eigenvalue weighted by atomic mass is 9.78. The van der Waals surface area contributed by atoms with Crippen LogP contribution < -0.4 is 5.32 Å². The van der Waals surface area contributed by atoms with Crippen molar-refractivity contribution in [1.29, 1.82) is 0 Å². The van der Waals surface area contributed by atoms with Gasteiger partial charge in [0.15, 0.2) is 5.17 Å². The van der Waals surface area contributed by atoms with Crippen molar-refractivity contribution in [2.75, 3.05) is 5.75 Å². The minimum atomic E-state index is 0.235. The molecule has 0 bridgehead atoms. The lowest BCUT2D eigenvalue weighted by Gasteiger charge is -2.35. The largest absolute Gasteiger partial charge is 0.359 e. The number of nitrogens with zero attached hydrogens (tertiary/aromatic N) is 1. The highest BCUT2D eigenvalue weighted by atomic mass is 32.2. The number of thioether (sulfide) groups is 1. The summed E-state index contributed by atoms with van der Waals surface area (Å²) in [7, 11) is 0. The molecule has 0 aromatic heterocycles. The molecule has 1 aliphatic heterocycles. The molecule has 1 atom stereocenters. The van der Waals surface area contributed by atoms with Gasteiger partial charge in [0.2, 0.25) is 0 Å². The third-order valence-electron chi connectivity index (χ3n) is 5.04. The van der Waals surface area contributed by atoms with Crippen LogP contribution in [0.15, 0.2) is 29.3 Å². The van der Waals surface area contributed by atoms with Gasteiger partial charge in [-0.15, -0.1) is 0 Å². The summed E-state index contributed by atoms with van der Waals surface area (Å²) in [6, 6.07) is 8.81. The molecule has 3 heteroatoms. The number of nitrogens with one attached hydrogen (secondary N) is 1. The van der Waals surface area contributed by atoms with E-state index in [4.69, 9.17) is 4.99 Å². The zero-order chi connectivity index (χ0) is 14.9. The number of benzene rings is 1. The van der Waals surface area contributed by atoms with E-state index >= 15 is 0 Å². The van der Waals surface area contributed by atoms with E-state index in [0.717, 1.165) is 11.1 Å². The molecule has 2 fully saturated rings. The highest BCUT2D eigenvalue weighted by Crippen LogP contribution is 2.39. The molecule has 3 rings (SSSR count). The fourth-order valence-electron chi connectivity index (χ4n) is 3.46. The van der Waals surface area contributed by atoms with Crippen LogP contribution >= 0.6 is 11.8 Å². The number of hydrogen-bond donors (Lipinski definition) is 1. The minimum Gasteiger partial charge on any atom is -0.359 e. The first-order valence-corrected chi connectivity index (χ1v) is 9.11. The molecule has 2 nitrogen and oxygen atoms in total. The Morgan fingerprint density at radius 2 is 2.00 bits per heavy atom. The molecule has 1 spiro atoms. The van der Waals surface area contributed by atoms with E-state index in [1.54, 1.807) is 0 Å². The Morgan fingerprint density at radius 1 is 1.29 bits per heavy atom. The first-order valence-electron chi connectivity index (χ1n) is 8.12. The molecule has 2 aliphatic rings. The number of aryl methyl sites for hydroxylation is 1. The van der Waals surface area contributed by atoms with Gasteiger partial charge < -0.3 is 5.32 Å². The van der Waals surface area contributed by atoms with Gasteiger partial charge in [-0.05, 0) is 56.6 Å². The van der Waals surface area contributed by atoms with Gasteiger partial charge in [-0.1, -0.05) is 43.0 Å². The highest BCUT2D eigenvalue weighted by Gasteiger charge is 2.39. The second kappa shape index (κ2) is 6.04. The lowest BCUT2D eigenvalue weighted by Crippen LogP contribution is -2.46. The van der Waals surface area contributed by atoms with Gasteiger partial charge in [0.1, 0.15) is 0 Å². The van der Waals surface area contributed by atoms with Crippen molar-refractivity contribution in [1.82, 2.24) is 5.32 Å². The van der Waals surface area contributed by atoms with E-state index < -0.39 is 0 Å². The van der Waals surface area contributed by atoms with Crippen LogP contribution in [-0.2, 0) is 0 Å². The van der Waals surface area contributed by atoms with Crippen LogP contribution in [0, 0.1) is 12.8 Å². The van der Waals surface area contributed by atoms with Crippen LogP contribution in [0.5, 0.6) is 0 Å². The van der Waals surface area contributed by atoms with E-state index in [9.17, 15) is 0 Å². The van der Waals surface area contributed by atoms with Crippen LogP contribution in [0.4, 0.5) is 0 Å². The summed E-state index contributed by atoms with van der Waals surface area (Å²) in [4.78, 5) is 4.94. The van der Waals surface area contributed by atoms with Crippen LogP contribution in [0.25, 0.3) is 0 Å². The van der Waals surface area contributed by atoms with Crippen LogP contribution in [0.3, 0.4) is 0 Å². The summed E-state index contributed by atoms with van der Waals surface area (Å²) in [5.74, 6) is 2.09. The van der Waals surface area contributed by atoms with E-state index in [0.29, 0.717) is 5.54 Å². The van der Waals surface area contributed by atoms with Gasteiger partial charge in [0, 0.05) is 11.3 Å². The van der Waals surface area contributed by atoms with E-state index in [1.807, 2.05) is 11.8 Å². The van der Waals surface area contributed by atoms with Gasteiger partial charge in [-0.2, -0.15) is 0 Å². The summed E-state index contributed by atoms with van der Waals surface area (Å²) in [5, 5.41) is 4.91. The summed E-state index contributed by atoms with van der Waals surface area (Å²) in [5.41, 5.74) is 3.01. The molecule has 1 unspecified atom stereocenters. The molecule has 0 radical (unpaired) electrons. The standard InChI is InChI=1S/C18H26N2S/c1-13-8-10-18(11-9-13)12-21-17(20-18)19-15(3)16-7-5-4-6-14(16)2/h4-7,13,15H,8-12H2,1-3H3,(H,19,20). The molecule has 1 heterocycles. The molecule has 1 saturated carbocycles. The Labute approximate surface area is 132 Å². The van der Waals surface area contributed by atoms with Gasteiger partial charge >= 0.3 is 0 Å². The number of rotatable bonds is 2. The summed E-state index contributed by atoms with van der Waals surface area (Å²) < 4.78 is 0. The topological polar surface area (TPSA) is 24.4 Å². The fraction of sp³-hybridized carbons (Fsp3) is 0.611. The zero-order valence-corrected chi connectivity index (χ0v) is 14.2. The average Bonchev–Trinajstić information content (AvgIpc) is 2.86. The molecule has 1 saturated heterocycles. The van der Waals surface area contributed by atoms with Crippen LogP contribution in [0.1, 0.15) is 56.7 Å². The number of amidine groups is 1. The van der Waals surface area contributed by atoms with Crippen molar-refractivity contribution >= 4 is 16.9 Å². The Bertz CT molecular complexity index is 530. The highest BCUT2D eigenvalue weighted by molar-refractivity contribution is 8.14. The summed E-state index contributed by atoms with van der Waals surface area (Å²) >= 11 is 1.92. The summed E-state index contributed by atoms with van der Waals surface area (Å²) in [6.45, 7) is 6.75. The molecular weight excluding hydrogens is 276 g/mol. The molecule has 114 valence electrons. The third-order valence-corrected chi connectivity index (χ3v) is 6.22. The first-order chi connectivity index (χ1) is 10.1. The molecular formula is C18H26N2S. The van der Waals surface area contributed by atoms with Crippen molar-refractivity contribution in [2.45, 2.75) is 58.0 Å². The molecule has 1 aromatic carbocycles. The second-order valence-corrected chi connectivity index (χ2v) is 7.81. The van der Waals surface area contributed by atoms with Gasteiger partial charge in [0.25, 0.3) is 0 Å². The maximum atomic E-state index is 4.94. The predicted molar refractivity (Wildman–Crippen MR) is 93.0 cm³/mol. The zero-order valence-electron chi connectivity index (χ0n) is 13.4. The SMILES string of the molecule is Cc1ccccc1C(C)N=C1NC2(CCC(C)CC2)CS1. The summed E-state index contributed by atoms with van der Waals surface area (Å²) in [6.07, 6.45) is 5.32. The molecule has 21 heavy (non-hydrogen) atoms. The van der Waals surface area contributed by atoms with E-state index in [2.05, 4.69) is 50.4 Å². The smallest absolute Gasteiger partial charge is 0.157 e. The Balaban J connectivity index is 1.70. The number of hydrogen-bond acceptors (Lipinski definition) is 2. The van der Waals surface area contributed by atoms with Gasteiger partial charge in [-0.3, -0.25) is 4.99 Å². The van der Waals surface area contributed by atoms with Crippen LogP contribution in [-0.4, -0.2) is 16.5 Å². The van der Waals surface area contributed by atoms with Gasteiger partial charge in [0.05, 0.1) is 6.04 Å². The van der Waals surface area contributed by atoms with Crippen molar-refractivity contribution in [3.63, 3.8) is 0 Å². The number of aliphatic imine (C=N–C) groups is 1. The Hall–Kier alpha value is -0.960. The molecule has 1 aliphatic carbocycles. The van der Waals surface area contributed by atoms with Crippen molar-refractivity contribution < 1.29 is 0 Å². The maximum Gasteiger partial charge on any atom is 0.157 e. The predicted octanol–water partition coefficient (Wildman–Crippen LogP) is 4.70. The third kappa shape index (κ3) is 3.28. The van der Waals surface area contributed by atoms with E-state index in [-0.39, 0.29) is 6.04 Å². The fourth-order valence-corrected chi connectivity index (χ4v) is 4.76. The quantitative estimate of drug-likeness (QED) is 0.856. The van der Waals surface area contributed by atoms with Crippen molar-refractivity contribution in [3.8, 4) is 0 Å². The maximum absolute atomic E-state index is 4.94. The van der Waals surface area contributed by atoms with Crippen LogP contribution in [0.2, 0.25) is 0 Å². The minimum absolute atomic E-state index is 0.235.